The van der Waals surface area contributed by atoms with E-state index in [9.17, 15) is 5.11 Å². The summed E-state index contributed by atoms with van der Waals surface area (Å²) < 4.78 is 2.32. The molecule has 1 N–H and O–H groups in total. The van der Waals surface area contributed by atoms with E-state index in [1.807, 2.05) is 6.07 Å². The first-order chi connectivity index (χ1) is 10.8. The van der Waals surface area contributed by atoms with Gasteiger partial charge < -0.3 is 9.67 Å². The van der Waals surface area contributed by atoms with Gasteiger partial charge in [0, 0.05) is 36.0 Å². The number of hydrogen-bond acceptors (Lipinski definition) is 2. The van der Waals surface area contributed by atoms with E-state index in [0.29, 0.717) is 5.92 Å². The van der Waals surface area contributed by atoms with Gasteiger partial charge in [0.05, 0.1) is 11.2 Å². The Bertz CT molecular complexity index is 831. The normalized spacial score (nSPS) is 19.9. The topological polar surface area (TPSA) is 38.0 Å². The minimum absolute atomic E-state index is 0.244. The Morgan fingerprint density at radius 3 is 3.00 bits per heavy atom. The number of rotatable bonds is 2. The highest BCUT2D eigenvalue weighted by atomic mass is 16.3. The molecule has 1 aromatic carbocycles. The van der Waals surface area contributed by atoms with E-state index in [1.54, 1.807) is 0 Å². The number of pyridine rings is 1. The zero-order valence-corrected chi connectivity index (χ0v) is 12.8. The summed E-state index contributed by atoms with van der Waals surface area (Å²) in [6.07, 6.45) is 6.18. The van der Waals surface area contributed by atoms with Crippen LogP contribution in [0.3, 0.4) is 0 Å². The van der Waals surface area contributed by atoms with E-state index in [0.717, 1.165) is 30.6 Å². The maximum atomic E-state index is 9.36. The van der Waals surface area contributed by atoms with Crippen molar-refractivity contribution in [1.29, 1.82) is 0 Å². The standard InChI is InChI=1S/C19H20N2O/c1-2-13-12-21-9-7-16-15-5-3-4-6-17(15)20-19(16)18(21)11-14(13)8-10-22/h2-7,9,14,22H,8,10-12H2,1H3/b13-2-/t14-/m0/s1. The molecule has 3 nitrogen and oxygen atoms in total. The summed E-state index contributed by atoms with van der Waals surface area (Å²) in [6.45, 7) is 3.25. The molecule has 0 spiro atoms. The van der Waals surface area contributed by atoms with Crippen molar-refractivity contribution in [2.24, 2.45) is 5.92 Å². The van der Waals surface area contributed by atoms with Crippen molar-refractivity contribution in [3.63, 3.8) is 0 Å². The molecule has 1 atom stereocenters. The van der Waals surface area contributed by atoms with Gasteiger partial charge in [0.2, 0.25) is 0 Å². The second-order valence-electron chi connectivity index (χ2n) is 6.06. The Morgan fingerprint density at radius 2 is 2.18 bits per heavy atom. The van der Waals surface area contributed by atoms with Crippen LogP contribution in [0.25, 0.3) is 22.2 Å². The van der Waals surface area contributed by atoms with Gasteiger partial charge in [-0.3, -0.25) is 0 Å². The SMILES string of the molecule is C/C=C1/Cn2ccc3c4ccccc4nc-3c2C[C@@H]1CCO. The average molecular weight is 292 g/mol. The van der Waals surface area contributed by atoms with Crippen LogP contribution in [0.2, 0.25) is 0 Å². The van der Waals surface area contributed by atoms with Crippen molar-refractivity contribution in [3.05, 3.63) is 53.9 Å². The highest BCUT2D eigenvalue weighted by Gasteiger charge is 2.26. The monoisotopic (exact) mass is 292 g/mol. The average Bonchev–Trinajstić information content (AvgIpc) is 2.93. The summed E-state index contributed by atoms with van der Waals surface area (Å²) in [6, 6.07) is 10.5. The van der Waals surface area contributed by atoms with Gasteiger partial charge in [-0.25, -0.2) is 4.98 Å². The second-order valence-corrected chi connectivity index (χ2v) is 6.06. The number of benzene rings is 1. The summed E-state index contributed by atoms with van der Waals surface area (Å²) in [5.41, 5.74) is 6.16. The van der Waals surface area contributed by atoms with E-state index in [2.05, 4.69) is 48.0 Å². The van der Waals surface area contributed by atoms with E-state index < -0.39 is 0 Å². The summed E-state index contributed by atoms with van der Waals surface area (Å²) in [5, 5.41) is 10.6. The van der Waals surface area contributed by atoms with Crippen LogP contribution >= 0.6 is 0 Å². The van der Waals surface area contributed by atoms with Crippen molar-refractivity contribution in [2.45, 2.75) is 26.3 Å². The van der Waals surface area contributed by atoms with Crippen molar-refractivity contribution in [1.82, 2.24) is 9.55 Å². The van der Waals surface area contributed by atoms with E-state index in [4.69, 9.17) is 4.98 Å². The van der Waals surface area contributed by atoms with Gasteiger partial charge in [0.15, 0.2) is 0 Å². The Balaban J connectivity index is 1.90. The molecule has 3 aliphatic heterocycles. The lowest BCUT2D eigenvalue weighted by Gasteiger charge is -2.30. The molecule has 0 saturated carbocycles. The molecule has 3 heteroatoms. The number of hydrogen-bond donors (Lipinski definition) is 1. The molecule has 0 aliphatic carbocycles. The van der Waals surface area contributed by atoms with Gasteiger partial charge in [-0.05, 0) is 37.8 Å². The molecule has 0 bridgehead atoms. The number of aliphatic hydroxyl groups is 1. The van der Waals surface area contributed by atoms with E-state index in [-0.39, 0.29) is 6.61 Å². The number of para-hydroxylation sites is 1. The molecule has 0 unspecified atom stereocenters. The third-order valence-electron chi connectivity index (χ3n) is 4.89. The van der Waals surface area contributed by atoms with E-state index in [1.165, 1.54) is 22.2 Å². The lowest BCUT2D eigenvalue weighted by atomic mass is 9.86. The van der Waals surface area contributed by atoms with Crippen LogP contribution in [0.5, 0.6) is 0 Å². The predicted octanol–water partition coefficient (Wildman–Crippen LogP) is 3.64. The fourth-order valence-electron chi connectivity index (χ4n) is 3.71. The zero-order chi connectivity index (χ0) is 15.1. The van der Waals surface area contributed by atoms with Crippen LogP contribution in [-0.2, 0) is 13.0 Å². The number of aliphatic hydroxyl groups excluding tert-OH is 1. The minimum Gasteiger partial charge on any atom is -0.396 e. The van der Waals surface area contributed by atoms with E-state index >= 15 is 0 Å². The first-order valence-electron chi connectivity index (χ1n) is 7.94. The smallest absolute Gasteiger partial charge is 0.0911 e. The summed E-state index contributed by atoms with van der Waals surface area (Å²) >= 11 is 0. The molecular formula is C19H20N2O. The highest BCUT2D eigenvalue weighted by Crippen LogP contribution is 2.38. The summed E-state index contributed by atoms with van der Waals surface area (Å²) in [4.78, 5) is 4.87. The fourth-order valence-corrected chi connectivity index (χ4v) is 3.71. The molecular weight excluding hydrogens is 272 g/mol. The van der Waals surface area contributed by atoms with Gasteiger partial charge in [0.1, 0.15) is 0 Å². The van der Waals surface area contributed by atoms with Crippen LogP contribution in [0.15, 0.2) is 48.2 Å². The lowest BCUT2D eigenvalue weighted by Crippen LogP contribution is -2.25. The molecule has 112 valence electrons. The lowest BCUT2D eigenvalue weighted by molar-refractivity contribution is 0.260. The number of fused-ring (bicyclic) bond motifs is 5. The Morgan fingerprint density at radius 1 is 1.32 bits per heavy atom. The number of nitrogens with zero attached hydrogens (tertiary/aromatic N) is 2. The van der Waals surface area contributed by atoms with Gasteiger partial charge in [0.25, 0.3) is 0 Å². The Labute approximate surface area is 130 Å². The Kier molecular flexibility index (Phi) is 3.23. The largest absolute Gasteiger partial charge is 0.396 e. The summed E-state index contributed by atoms with van der Waals surface area (Å²) in [5.74, 6) is 0.431. The highest BCUT2D eigenvalue weighted by molar-refractivity contribution is 5.97. The molecule has 22 heavy (non-hydrogen) atoms. The number of allylic oxidation sites excluding steroid dienone is 2. The van der Waals surface area contributed by atoms with Crippen LogP contribution in [-0.4, -0.2) is 21.3 Å². The minimum atomic E-state index is 0.244. The molecule has 0 aromatic heterocycles. The molecule has 0 radical (unpaired) electrons. The van der Waals surface area contributed by atoms with Gasteiger partial charge in [-0.1, -0.05) is 29.8 Å². The van der Waals surface area contributed by atoms with Crippen LogP contribution < -0.4 is 0 Å². The predicted molar refractivity (Wildman–Crippen MR) is 89.0 cm³/mol. The molecule has 0 saturated heterocycles. The maximum Gasteiger partial charge on any atom is 0.0911 e. The molecule has 0 amide bonds. The third kappa shape index (κ3) is 1.97. The third-order valence-corrected chi connectivity index (χ3v) is 4.89. The molecule has 3 aliphatic rings. The number of aromatic nitrogens is 2. The van der Waals surface area contributed by atoms with Crippen LogP contribution in [0, 0.1) is 5.92 Å². The Hall–Kier alpha value is -2.13. The zero-order valence-electron chi connectivity index (χ0n) is 12.8. The molecule has 1 aromatic rings. The molecule has 0 fully saturated rings. The van der Waals surface area contributed by atoms with Crippen LogP contribution in [0.1, 0.15) is 19.0 Å². The van der Waals surface area contributed by atoms with Gasteiger partial charge in [-0.2, -0.15) is 0 Å². The summed E-state index contributed by atoms with van der Waals surface area (Å²) in [7, 11) is 0. The van der Waals surface area contributed by atoms with Gasteiger partial charge in [-0.15, -0.1) is 0 Å². The van der Waals surface area contributed by atoms with Crippen molar-refractivity contribution >= 4 is 10.9 Å². The fraction of sp³-hybridized carbons (Fsp3) is 0.316. The van der Waals surface area contributed by atoms with Gasteiger partial charge >= 0.3 is 0 Å². The first kappa shape index (κ1) is 13.5. The molecule has 4 rings (SSSR count). The van der Waals surface area contributed by atoms with Crippen molar-refractivity contribution in [2.75, 3.05) is 6.61 Å². The quantitative estimate of drug-likeness (QED) is 0.732. The molecule has 3 heterocycles. The maximum absolute atomic E-state index is 9.36. The first-order valence-corrected chi connectivity index (χ1v) is 7.94. The van der Waals surface area contributed by atoms with Crippen molar-refractivity contribution < 1.29 is 5.11 Å². The second kappa shape index (κ2) is 5.25. The van der Waals surface area contributed by atoms with Crippen LogP contribution in [0.4, 0.5) is 0 Å². The van der Waals surface area contributed by atoms with Crippen molar-refractivity contribution in [3.8, 4) is 11.3 Å².